The fourth-order valence-corrected chi connectivity index (χ4v) is 1.80. The van der Waals surface area contributed by atoms with Gasteiger partial charge in [-0.25, -0.2) is 4.98 Å². The van der Waals surface area contributed by atoms with Gasteiger partial charge in [0.25, 0.3) is 0 Å². The quantitative estimate of drug-likeness (QED) is 0.798. The fourth-order valence-electron chi connectivity index (χ4n) is 1.80. The molecule has 92 valence electrons. The summed E-state index contributed by atoms with van der Waals surface area (Å²) >= 11 is 0. The van der Waals surface area contributed by atoms with Crippen LogP contribution in [0.25, 0.3) is 0 Å². The maximum atomic E-state index is 4.33. The van der Waals surface area contributed by atoms with Crippen LogP contribution in [0.2, 0.25) is 0 Å². The van der Waals surface area contributed by atoms with Gasteiger partial charge in [0.05, 0.1) is 12.2 Å². The second-order valence-electron chi connectivity index (χ2n) is 3.99. The van der Waals surface area contributed by atoms with E-state index >= 15 is 0 Å². The Morgan fingerprint density at radius 1 is 1.47 bits per heavy atom. The predicted octanol–water partition coefficient (Wildman–Crippen LogP) is 1.72. The third-order valence-electron chi connectivity index (χ3n) is 2.70. The van der Waals surface area contributed by atoms with Gasteiger partial charge in [-0.3, -0.25) is 4.68 Å². The highest BCUT2D eigenvalue weighted by Gasteiger charge is 2.17. The molecule has 2 rings (SSSR count). The molecule has 2 aromatic heterocycles. The zero-order valence-electron chi connectivity index (χ0n) is 10.3. The van der Waals surface area contributed by atoms with E-state index < -0.39 is 0 Å². The largest absolute Gasteiger partial charge is 0.347 e. The lowest BCUT2D eigenvalue weighted by atomic mass is 10.1. The molecule has 2 N–H and O–H groups in total. The minimum Gasteiger partial charge on any atom is -0.347 e. The van der Waals surface area contributed by atoms with Crippen molar-refractivity contribution in [2.24, 2.45) is 0 Å². The highest BCUT2D eigenvalue weighted by molar-refractivity contribution is 5.19. The summed E-state index contributed by atoms with van der Waals surface area (Å²) in [7, 11) is 0. The van der Waals surface area contributed by atoms with Gasteiger partial charge >= 0.3 is 0 Å². The van der Waals surface area contributed by atoms with E-state index in [1.807, 2.05) is 17.1 Å². The molecule has 0 amide bonds. The molecule has 0 aliphatic carbocycles. The second-order valence-corrected chi connectivity index (χ2v) is 3.99. The number of hydrogen-bond donors (Lipinski definition) is 2. The van der Waals surface area contributed by atoms with Gasteiger partial charge in [-0.05, 0) is 19.9 Å². The Balaban J connectivity index is 2.20. The number of aryl methyl sites for hydroxylation is 1. The molecular formula is C12H19N5. The van der Waals surface area contributed by atoms with Crippen LogP contribution < -0.4 is 5.32 Å². The van der Waals surface area contributed by atoms with Crippen LogP contribution in [0.1, 0.15) is 37.7 Å². The molecule has 1 unspecified atom stereocenters. The molecule has 0 saturated heterocycles. The topological polar surface area (TPSA) is 58.5 Å². The third-order valence-corrected chi connectivity index (χ3v) is 2.70. The lowest BCUT2D eigenvalue weighted by Gasteiger charge is -2.14. The maximum absolute atomic E-state index is 4.33. The number of hydrogen-bond acceptors (Lipinski definition) is 3. The van der Waals surface area contributed by atoms with Crippen molar-refractivity contribution < 1.29 is 0 Å². The van der Waals surface area contributed by atoms with Crippen LogP contribution in [-0.2, 0) is 6.54 Å². The molecule has 5 heteroatoms. The molecule has 1 atom stereocenters. The van der Waals surface area contributed by atoms with Gasteiger partial charge in [-0.1, -0.05) is 6.92 Å². The van der Waals surface area contributed by atoms with Crippen LogP contribution in [0.3, 0.4) is 0 Å². The van der Waals surface area contributed by atoms with Crippen molar-refractivity contribution in [3.63, 3.8) is 0 Å². The van der Waals surface area contributed by atoms with Gasteiger partial charge in [-0.15, -0.1) is 0 Å². The Kier molecular flexibility index (Phi) is 3.93. The Morgan fingerprint density at radius 3 is 2.94 bits per heavy atom. The Morgan fingerprint density at radius 2 is 2.35 bits per heavy atom. The van der Waals surface area contributed by atoms with E-state index in [2.05, 4.69) is 40.4 Å². The van der Waals surface area contributed by atoms with Crippen LogP contribution in [-0.4, -0.2) is 26.3 Å². The van der Waals surface area contributed by atoms with Gasteiger partial charge in [0.2, 0.25) is 0 Å². The minimum atomic E-state index is 0.102. The summed E-state index contributed by atoms with van der Waals surface area (Å²) in [6.07, 6.45) is 8.69. The van der Waals surface area contributed by atoms with Gasteiger partial charge in [-0.2, -0.15) is 5.10 Å². The smallest absolute Gasteiger partial charge is 0.127 e. The summed E-state index contributed by atoms with van der Waals surface area (Å²) in [5.41, 5.74) is 1.15. The molecule has 2 heterocycles. The Hall–Kier alpha value is -1.62. The van der Waals surface area contributed by atoms with E-state index in [4.69, 9.17) is 0 Å². The highest BCUT2D eigenvalue weighted by atomic mass is 15.3. The van der Waals surface area contributed by atoms with Crippen LogP contribution in [0.15, 0.2) is 24.8 Å². The highest BCUT2D eigenvalue weighted by Crippen LogP contribution is 2.18. The molecule has 0 saturated carbocycles. The van der Waals surface area contributed by atoms with Crippen molar-refractivity contribution in [1.29, 1.82) is 0 Å². The second kappa shape index (κ2) is 5.63. The number of nitrogens with one attached hydrogen (secondary N) is 2. The monoisotopic (exact) mass is 233 g/mol. The first-order valence-corrected chi connectivity index (χ1v) is 6.10. The molecule has 17 heavy (non-hydrogen) atoms. The van der Waals surface area contributed by atoms with Crippen LogP contribution in [0, 0.1) is 0 Å². The number of rotatable bonds is 6. The first-order valence-electron chi connectivity index (χ1n) is 6.10. The summed E-state index contributed by atoms with van der Waals surface area (Å²) in [4.78, 5) is 7.49. The van der Waals surface area contributed by atoms with Crippen molar-refractivity contribution in [2.45, 2.75) is 32.9 Å². The van der Waals surface area contributed by atoms with E-state index in [1.54, 1.807) is 6.20 Å². The van der Waals surface area contributed by atoms with E-state index in [0.717, 1.165) is 30.9 Å². The lowest BCUT2D eigenvalue weighted by Crippen LogP contribution is -2.23. The maximum Gasteiger partial charge on any atom is 0.127 e. The zero-order valence-corrected chi connectivity index (χ0v) is 10.3. The standard InChI is InChI=1S/C12H19N5/c1-3-5-13-11(12-14-6-7-15-12)10-8-16-17(4-2)9-10/h6-9,11,13H,3-5H2,1-2H3,(H,14,15). The number of aromatic amines is 1. The summed E-state index contributed by atoms with van der Waals surface area (Å²) in [5.74, 6) is 0.939. The Labute approximate surface area is 101 Å². The van der Waals surface area contributed by atoms with Crippen molar-refractivity contribution in [1.82, 2.24) is 25.1 Å². The molecule has 0 spiro atoms. The average Bonchev–Trinajstić information content (AvgIpc) is 3.00. The number of H-pyrrole nitrogens is 1. The van der Waals surface area contributed by atoms with Crippen LogP contribution in [0.5, 0.6) is 0 Å². The van der Waals surface area contributed by atoms with Crippen molar-refractivity contribution in [3.8, 4) is 0 Å². The first-order chi connectivity index (χ1) is 8.35. The summed E-state index contributed by atoms with van der Waals surface area (Å²) < 4.78 is 1.93. The molecular weight excluding hydrogens is 214 g/mol. The normalized spacial score (nSPS) is 12.8. The molecule has 5 nitrogen and oxygen atoms in total. The van der Waals surface area contributed by atoms with Gasteiger partial charge in [0.1, 0.15) is 5.82 Å². The zero-order chi connectivity index (χ0) is 12.1. The van der Waals surface area contributed by atoms with Crippen molar-refractivity contribution >= 4 is 0 Å². The van der Waals surface area contributed by atoms with E-state index in [1.165, 1.54) is 0 Å². The summed E-state index contributed by atoms with van der Waals surface area (Å²) in [6.45, 7) is 6.08. The Bertz CT molecular complexity index is 431. The summed E-state index contributed by atoms with van der Waals surface area (Å²) in [6, 6.07) is 0.102. The molecule has 2 aromatic rings. The molecule has 0 fully saturated rings. The van der Waals surface area contributed by atoms with Gasteiger partial charge in [0, 0.05) is 30.7 Å². The minimum absolute atomic E-state index is 0.102. The SMILES string of the molecule is CCCNC(c1cnn(CC)c1)c1ncc[nH]1. The number of imidazole rings is 1. The molecule has 0 aromatic carbocycles. The first kappa shape index (κ1) is 11.9. The van der Waals surface area contributed by atoms with Crippen molar-refractivity contribution in [3.05, 3.63) is 36.2 Å². The van der Waals surface area contributed by atoms with E-state index in [0.29, 0.717) is 0 Å². The van der Waals surface area contributed by atoms with Crippen LogP contribution in [0.4, 0.5) is 0 Å². The average molecular weight is 233 g/mol. The molecule has 0 aliphatic heterocycles. The van der Waals surface area contributed by atoms with E-state index in [9.17, 15) is 0 Å². The fraction of sp³-hybridized carbons (Fsp3) is 0.500. The lowest BCUT2D eigenvalue weighted by molar-refractivity contribution is 0.575. The summed E-state index contributed by atoms with van der Waals surface area (Å²) in [5, 5.41) is 7.79. The molecule has 0 aliphatic rings. The molecule has 0 bridgehead atoms. The van der Waals surface area contributed by atoms with Crippen LogP contribution >= 0.6 is 0 Å². The third kappa shape index (κ3) is 2.74. The molecule has 0 radical (unpaired) electrons. The number of nitrogens with zero attached hydrogens (tertiary/aromatic N) is 3. The number of aromatic nitrogens is 4. The van der Waals surface area contributed by atoms with E-state index in [-0.39, 0.29) is 6.04 Å². The van der Waals surface area contributed by atoms with Gasteiger partial charge < -0.3 is 10.3 Å². The predicted molar refractivity (Wildman–Crippen MR) is 66.6 cm³/mol. The van der Waals surface area contributed by atoms with Crippen molar-refractivity contribution in [2.75, 3.05) is 6.54 Å². The van der Waals surface area contributed by atoms with Gasteiger partial charge in [0.15, 0.2) is 0 Å².